The van der Waals surface area contributed by atoms with Crippen LogP contribution in [-0.2, 0) is 21.4 Å². The molecule has 0 aliphatic carbocycles. The highest BCUT2D eigenvalue weighted by Gasteiger charge is 2.28. The number of rotatable bonds is 6. The van der Waals surface area contributed by atoms with Gasteiger partial charge in [-0.05, 0) is 38.5 Å². The smallest absolute Gasteiger partial charge is 0.243 e. The van der Waals surface area contributed by atoms with E-state index in [1.54, 1.807) is 19.1 Å². The molecule has 0 aromatic heterocycles. The van der Waals surface area contributed by atoms with E-state index < -0.39 is 16.1 Å². The number of benzene rings is 2. The summed E-state index contributed by atoms with van der Waals surface area (Å²) in [5.74, 6) is -0.341. The first-order chi connectivity index (χ1) is 11.7. The highest BCUT2D eigenvalue weighted by molar-refractivity contribution is 7.92. The third-order valence-electron chi connectivity index (χ3n) is 3.96. The van der Waals surface area contributed by atoms with Crippen LogP contribution < -0.4 is 9.62 Å². The summed E-state index contributed by atoms with van der Waals surface area (Å²) in [4.78, 5) is 12.5. The average molecular weight is 360 g/mol. The molecular formula is C19H24N2O3S. The third-order valence-corrected chi connectivity index (χ3v) is 5.21. The number of carbonyl (C=O) groups is 1. The number of aryl methyl sites for hydroxylation is 2. The lowest BCUT2D eigenvalue weighted by Gasteiger charge is -2.28. The van der Waals surface area contributed by atoms with Crippen molar-refractivity contribution in [2.24, 2.45) is 0 Å². The van der Waals surface area contributed by atoms with E-state index in [2.05, 4.69) is 5.32 Å². The molecular weight excluding hydrogens is 336 g/mol. The second-order valence-corrected chi connectivity index (χ2v) is 8.13. The fourth-order valence-electron chi connectivity index (χ4n) is 2.54. The average Bonchev–Trinajstić information content (AvgIpc) is 2.54. The molecule has 25 heavy (non-hydrogen) atoms. The summed E-state index contributed by atoms with van der Waals surface area (Å²) >= 11 is 0. The Kier molecular flexibility index (Phi) is 5.85. The van der Waals surface area contributed by atoms with E-state index in [9.17, 15) is 13.2 Å². The van der Waals surface area contributed by atoms with Gasteiger partial charge >= 0.3 is 0 Å². The van der Waals surface area contributed by atoms with E-state index in [1.807, 2.05) is 50.2 Å². The molecule has 1 atom stereocenters. The van der Waals surface area contributed by atoms with Gasteiger partial charge in [0.2, 0.25) is 15.9 Å². The largest absolute Gasteiger partial charge is 0.350 e. The quantitative estimate of drug-likeness (QED) is 0.861. The highest BCUT2D eigenvalue weighted by atomic mass is 32.2. The predicted octanol–water partition coefficient (Wildman–Crippen LogP) is 2.77. The molecule has 0 unspecified atom stereocenters. The topological polar surface area (TPSA) is 66.5 Å². The van der Waals surface area contributed by atoms with Gasteiger partial charge in [-0.15, -0.1) is 0 Å². The lowest BCUT2D eigenvalue weighted by atomic mass is 10.1. The van der Waals surface area contributed by atoms with E-state index in [1.165, 1.54) is 0 Å². The normalized spacial score (nSPS) is 12.5. The highest BCUT2D eigenvalue weighted by Crippen LogP contribution is 2.21. The van der Waals surface area contributed by atoms with Crippen molar-refractivity contribution in [1.82, 2.24) is 5.32 Å². The van der Waals surface area contributed by atoms with E-state index in [0.717, 1.165) is 27.3 Å². The molecule has 0 fully saturated rings. The molecule has 0 saturated carbocycles. The molecule has 0 aliphatic rings. The van der Waals surface area contributed by atoms with Gasteiger partial charge < -0.3 is 5.32 Å². The minimum Gasteiger partial charge on any atom is -0.350 e. The lowest BCUT2D eigenvalue weighted by Crippen LogP contribution is -2.47. The summed E-state index contributed by atoms with van der Waals surface area (Å²) in [7, 11) is -3.59. The predicted molar refractivity (Wildman–Crippen MR) is 101 cm³/mol. The number of nitrogens with zero attached hydrogens (tertiary/aromatic N) is 1. The molecule has 0 heterocycles. The summed E-state index contributed by atoms with van der Waals surface area (Å²) in [6.45, 7) is 5.86. The van der Waals surface area contributed by atoms with Crippen LogP contribution in [0.5, 0.6) is 0 Å². The van der Waals surface area contributed by atoms with E-state index >= 15 is 0 Å². The Balaban J connectivity index is 2.15. The first-order valence-electron chi connectivity index (χ1n) is 8.08. The second kappa shape index (κ2) is 7.70. The Morgan fingerprint density at radius 1 is 1.00 bits per heavy atom. The van der Waals surface area contributed by atoms with Crippen LogP contribution in [0, 0.1) is 13.8 Å². The molecule has 1 N–H and O–H groups in total. The van der Waals surface area contributed by atoms with Crippen LogP contribution in [0.2, 0.25) is 0 Å². The maximum atomic E-state index is 12.5. The van der Waals surface area contributed by atoms with Crippen molar-refractivity contribution in [2.45, 2.75) is 33.4 Å². The van der Waals surface area contributed by atoms with Crippen molar-refractivity contribution in [2.75, 3.05) is 10.6 Å². The molecule has 2 rings (SSSR count). The van der Waals surface area contributed by atoms with Gasteiger partial charge in [0.25, 0.3) is 0 Å². The Hall–Kier alpha value is -2.34. The number of hydrogen-bond donors (Lipinski definition) is 1. The van der Waals surface area contributed by atoms with E-state index in [0.29, 0.717) is 12.2 Å². The second-order valence-electron chi connectivity index (χ2n) is 6.27. The minimum absolute atomic E-state index is 0.341. The zero-order chi connectivity index (χ0) is 18.6. The van der Waals surface area contributed by atoms with Crippen LogP contribution in [0.15, 0.2) is 48.5 Å². The summed E-state index contributed by atoms with van der Waals surface area (Å²) < 4.78 is 25.6. The molecule has 5 nitrogen and oxygen atoms in total. The Morgan fingerprint density at radius 2 is 1.48 bits per heavy atom. The standard InChI is InChI=1S/C19H24N2O3S/c1-14-5-9-17(10-6-14)13-20-19(22)16(3)21(25(4,23)24)18-11-7-15(2)8-12-18/h5-12,16H,13H2,1-4H3,(H,20,22)/t16-/m1/s1. The molecule has 0 radical (unpaired) electrons. The van der Waals surface area contributed by atoms with Crippen molar-refractivity contribution >= 4 is 21.6 Å². The van der Waals surface area contributed by atoms with Crippen LogP contribution in [0.25, 0.3) is 0 Å². The van der Waals surface area contributed by atoms with Crippen LogP contribution in [0.4, 0.5) is 5.69 Å². The number of carbonyl (C=O) groups excluding carboxylic acids is 1. The third kappa shape index (κ3) is 5.06. The van der Waals surface area contributed by atoms with Crippen molar-refractivity contribution in [3.8, 4) is 0 Å². The maximum absolute atomic E-state index is 12.5. The summed E-state index contributed by atoms with van der Waals surface area (Å²) in [5, 5.41) is 2.81. The van der Waals surface area contributed by atoms with Crippen molar-refractivity contribution in [1.29, 1.82) is 0 Å². The molecule has 6 heteroatoms. The van der Waals surface area contributed by atoms with Gasteiger partial charge in [0.15, 0.2) is 0 Å². The number of anilines is 1. The van der Waals surface area contributed by atoms with E-state index in [-0.39, 0.29) is 5.91 Å². The van der Waals surface area contributed by atoms with Crippen LogP contribution in [-0.4, -0.2) is 26.6 Å². The Labute approximate surface area is 149 Å². The number of hydrogen-bond acceptors (Lipinski definition) is 3. The number of sulfonamides is 1. The first-order valence-corrected chi connectivity index (χ1v) is 9.92. The van der Waals surface area contributed by atoms with E-state index in [4.69, 9.17) is 0 Å². The molecule has 0 bridgehead atoms. The molecule has 0 saturated heterocycles. The van der Waals surface area contributed by atoms with Crippen molar-refractivity contribution < 1.29 is 13.2 Å². The van der Waals surface area contributed by atoms with Gasteiger partial charge in [0.1, 0.15) is 6.04 Å². The van der Waals surface area contributed by atoms with Gasteiger partial charge in [-0.2, -0.15) is 0 Å². The van der Waals surface area contributed by atoms with Gasteiger partial charge in [-0.25, -0.2) is 8.42 Å². The molecule has 0 spiro atoms. The minimum atomic E-state index is -3.59. The van der Waals surface area contributed by atoms with Crippen molar-refractivity contribution in [3.63, 3.8) is 0 Å². The molecule has 0 aliphatic heterocycles. The van der Waals surface area contributed by atoms with Gasteiger partial charge in [0.05, 0.1) is 11.9 Å². The molecule has 2 aromatic rings. The van der Waals surface area contributed by atoms with Gasteiger partial charge in [-0.1, -0.05) is 47.5 Å². The van der Waals surface area contributed by atoms with Crippen molar-refractivity contribution in [3.05, 3.63) is 65.2 Å². The summed E-state index contributed by atoms with van der Waals surface area (Å²) in [6, 6.07) is 14.0. The molecule has 134 valence electrons. The zero-order valence-electron chi connectivity index (χ0n) is 15.0. The lowest BCUT2D eigenvalue weighted by molar-refractivity contribution is -0.122. The van der Waals surface area contributed by atoms with Crippen LogP contribution in [0.3, 0.4) is 0 Å². The molecule has 2 aromatic carbocycles. The summed E-state index contributed by atoms with van der Waals surface area (Å²) in [5.41, 5.74) is 3.61. The van der Waals surface area contributed by atoms with Crippen LogP contribution >= 0.6 is 0 Å². The SMILES string of the molecule is Cc1ccc(CNC(=O)[C@@H](C)N(c2ccc(C)cc2)S(C)(=O)=O)cc1. The van der Waals surface area contributed by atoms with Gasteiger partial charge in [-0.3, -0.25) is 9.10 Å². The monoisotopic (exact) mass is 360 g/mol. The molecule has 1 amide bonds. The fraction of sp³-hybridized carbons (Fsp3) is 0.316. The maximum Gasteiger partial charge on any atom is 0.243 e. The van der Waals surface area contributed by atoms with Gasteiger partial charge in [0, 0.05) is 6.54 Å². The Morgan fingerprint density at radius 3 is 1.96 bits per heavy atom. The first kappa shape index (κ1) is 19.0. The zero-order valence-corrected chi connectivity index (χ0v) is 15.8. The van der Waals surface area contributed by atoms with Crippen LogP contribution in [0.1, 0.15) is 23.6 Å². The fourth-order valence-corrected chi connectivity index (χ4v) is 3.72. The number of nitrogens with one attached hydrogen (secondary N) is 1. The number of amides is 1. The summed E-state index contributed by atoms with van der Waals surface area (Å²) in [6.07, 6.45) is 1.11. The Bertz CT molecular complexity index is 828.